The smallest absolute Gasteiger partial charge is 0.333 e. The molecule has 5 rings (SSSR count). The van der Waals surface area contributed by atoms with Crippen molar-refractivity contribution < 1.29 is 14.6 Å². The maximum absolute atomic E-state index is 12.4. The van der Waals surface area contributed by atoms with Crippen LogP contribution in [0.3, 0.4) is 0 Å². The van der Waals surface area contributed by atoms with Crippen molar-refractivity contribution in [3.63, 3.8) is 0 Å². The van der Waals surface area contributed by atoms with Gasteiger partial charge in [0, 0.05) is 28.6 Å². The molecule has 1 atom stereocenters. The highest BCUT2D eigenvalue weighted by Crippen LogP contribution is 2.27. The van der Waals surface area contributed by atoms with E-state index in [9.17, 15) is 9.90 Å². The molecule has 0 aliphatic heterocycles. The second-order valence-corrected chi connectivity index (χ2v) is 12.8. The van der Waals surface area contributed by atoms with Crippen molar-refractivity contribution in [1.29, 1.82) is 0 Å². The molecule has 3 aromatic heterocycles. The Labute approximate surface area is 264 Å². The molecule has 0 amide bonds. The van der Waals surface area contributed by atoms with Gasteiger partial charge in [-0.3, -0.25) is 0 Å². The van der Waals surface area contributed by atoms with E-state index in [1.807, 2.05) is 76.2 Å². The van der Waals surface area contributed by atoms with E-state index in [1.165, 1.54) is 11.3 Å². The first-order valence-corrected chi connectivity index (χ1v) is 15.1. The maximum atomic E-state index is 12.4. The predicted octanol–water partition coefficient (Wildman–Crippen LogP) is 6.26. The summed E-state index contributed by atoms with van der Waals surface area (Å²) in [7, 11) is 0. The normalized spacial score (nSPS) is 13.6. The van der Waals surface area contributed by atoms with Crippen LogP contribution in [0.1, 0.15) is 39.7 Å². The van der Waals surface area contributed by atoms with Crippen LogP contribution < -0.4 is 15.6 Å². The van der Waals surface area contributed by atoms with Crippen molar-refractivity contribution in [1.82, 2.24) is 19.9 Å². The van der Waals surface area contributed by atoms with Crippen LogP contribution in [-0.4, -0.2) is 42.7 Å². The standard InChI is InChI=1S/C34H32ClN5O3S/c1-19(2)16-27-30(24(20-6-10-23(35)11-7-20)18-28(33(41)42)43-34(3,4)5)44-32(40-27)26-14-15-37-31(39-26)22-8-12-25-21(17-22)9-13-29(36)38-25/h6-17,28H,1,18H2,2-5H3,(H2,36,38)(H,41,42)/b27-16+,30-24-/t28-/m0/s1. The summed E-state index contributed by atoms with van der Waals surface area (Å²) in [5.74, 6) is -0.0510. The molecular formula is C34H32ClN5O3S. The number of carboxylic acid groups (broad SMARTS) is 1. The summed E-state index contributed by atoms with van der Waals surface area (Å²) in [6.07, 6.45) is 2.61. The topological polar surface area (TPSA) is 124 Å². The van der Waals surface area contributed by atoms with Gasteiger partial charge in [-0.2, -0.15) is 0 Å². The number of nitrogens with two attached hydrogens (primary N) is 1. The van der Waals surface area contributed by atoms with Crippen molar-refractivity contribution in [3.05, 3.63) is 99.5 Å². The maximum Gasteiger partial charge on any atom is 0.333 e. The monoisotopic (exact) mass is 625 g/mol. The highest BCUT2D eigenvalue weighted by atomic mass is 35.5. The fourth-order valence-corrected chi connectivity index (χ4v) is 5.89. The quantitative estimate of drug-likeness (QED) is 0.207. The summed E-state index contributed by atoms with van der Waals surface area (Å²) in [5, 5.41) is 12.9. The highest BCUT2D eigenvalue weighted by Gasteiger charge is 2.27. The van der Waals surface area contributed by atoms with Gasteiger partial charge in [0.1, 0.15) is 16.5 Å². The third kappa shape index (κ3) is 7.37. The zero-order chi connectivity index (χ0) is 31.6. The van der Waals surface area contributed by atoms with Crippen molar-refractivity contribution in [2.75, 3.05) is 5.73 Å². The summed E-state index contributed by atoms with van der Waals surface area (Å²) in [5.41, 5.74) is 9.81. The number of fused-ring (bicyclic) bond motifs is 1. The van der Waals surface area contributed by atoms with Crippen LogP contribution in [-0.2, 0) is 9.53 Å². The van der Waals surface area contributed by atoms with Crippen LogP contribution in [0.25, 0.3) is 44.6 Å². The number of aliphatic carboxylic acids is 1. The zero-order valence-electron chi connectivity index (χ0n) is 24.8. The molecule has 3 heterocycles. The number of pyridine rings is 1. The van der Waals surface area contributed by atoms with Crippen LogP contribution >= 0.6 is 22.9 Å². The molecule has 10 heteroatoms. The van der Waals surface area contributed by atoms with Gasteiger partial charge in [-0.25, -0.2) is 24.7 Å². The van der Waals surface area contributed by atoms with E-state index in [4.69, 9.17) is 32.0 Å². The average molecular weight is 626 g/mol. The first-order valence-electron chi connectivity index (χ1n) is 13.9. The van der Waals surface area contributed by atoms with E-state index in [0.717, 1.165) is 37.7 Å². The molecule has 2 aromatic carbocycles. The molecule has 0 unspecified atom stereocenters. The second kappa shape index (κ2) is 12.7. The number of carbonyl (C=O) groups is 1. The van der Waals surface area contributed by atoms with Gasteiger partial charge in [-0.1, -0.05) is 35.9 Å². The number of allylic oxidation sites excluding steroid dienone is 1. The van der Waals surface area contributed by atoms with E-state index >= 15 is 0 Å². The van der Waals surface area contributed by atoms with E-state index in [-0.39, 0.29) is 6.42 Å². The minimum atomic E-state index is -1.09. The van der Waals surface area contributed by atoms with E-state index in [0.29, 0.717) is 32.7 Å². The van der Waals surface area contributed by atoms with Gasteiger partial charge in [0.05, 0.1) is 21.0 Å². The fraction of sp³-hybridized carbons (Fsp3) is 0.206. The number of ether oxygens (including phenoxy) is 1. The van der Waals surface area contributed by atoms with Crippen molar-refractivity contribution in [2.24, 2.45) is 0 Å². The molecule has 0 bridgehead atoms. The summed E-state index contributed by atoms with van der Waals surface area (Å²) >= 11 is 7.64. The number of nitrogens with zero attached hydrogens (tertiary/aromatic N) is 4. The SMILES string of the molecule is C=C(C)/C=c1/nc(-c2ccnc(-c3ccc4nc(N)ccc4c3)n2)s/c1=C(/C[C@H](OC(C)(C)C)C(=O)O)c1ccc(Cl)cc1. The Morgan fingerprint density at radius 1 is 1.09 bits per heavy atom. The average Bonchev–Trinajstić information content (AvgIpc) is 3.37. The number of aromatic nitrogens is 4. The Morgan fingerprint density at radius 3 is 2.52 bits per heavy atom. The van der Waals surface area contributed by atoms with Gasteiger partial charge in [0.25, 0.3) is 0 Å². The van der Waals surface area contributed by atoms with Gasteiger partial charge in [-0.15, -0.1) is 11.3 Å². The van der Waals surface area contributed by atoms with Crippen LogP contribution in [0.5, 0.6) is 0 Å². The molecule has 3 N–H and O–H groups in total. The van der Waals surface area contributed by atoms with Gasteiger partial charge in [0.15, 0.2) is 11.9 Å². The molecule has 0 aliphatic carbocycles. The number of nitrogen functional groups attached to an aromatic ring is 1. The van der Waals surface area contributed by atoms with Crippen molar-refractivity contribution >= 4 is 57.3 Å². The Bertz CT molecular complexity index is 2000. The Morgan fingerprint density at radius 2 is 1.84 bits per heavy atom. The van der Waals surface area contributed by atoms with Crippen molar-refractivity contribution in [3.8, 4) is 22.1 Å². The molecule has 8 nitrogen and oxygen atoms in total. The number of rotatable bonds is 8. The molecule has 5 aromatic rings. The highest BCUT2D eigenvalue weighted by molar-refractivity contribution is 7.13. The predicted molar refractivity (Wildman–Crippen MR) is 178 cm³/mol. The lowest BCUT2D eigenvalue weighted by Gasteiger charge is -2.25. The molecule has 0 saturated carbocycles. The minimum absolute atomic E-state index is 0.109. The largest absolute Gasteiger partial charge is 0.479 e. The van der Waals surface area contributed by atoms with Gasteiger partial charge in [0.2, 0.25) is 0 Å². The number of halogens is 1. The van der Waals surface area contributed by atoms with Crippen LogP contribution in [0.4, 0.5) is 5.82 Å². The lowest BCUT2D eigenvalue weighted by atomic mass is 9.99. The summed E-state index contributed by atoms with van der Waals surface area (Å²) in [6.45, 7) is 11.5. The molecular weight excluding hydrogens is 594 g/mol. The number of hydrogen-bond donors (Lipinski definition) is 2. The number of carboxylic acids is 1. The first-order chi connectivity index (χ1) is 20.9. The second-order valence-electron chi connectivity index (χ2n) is 11.4. The number of thiazole rings is 1. The summed E-state index contributed by atoms with van der Waals surface area (Å²) in [4.78, 5) is 31.1. The molecule has 0 spiro atoms. The van der Waals surface area contributed by atoms with Crippen LogP contribution in [0.15, 0.2) is 79.0 Å². The Hall–Kier alpha value is -4.44. The summed E-state index contributed by atoms with van der Waals surface area (Å²) in [6, 6.07) is 18.6. The lowest BCUT2D eigenvalue weighted by Crippen LogP contribution is -2.35. The molecule has 0 radical (unpaired) electrons. The van der Waals surface area contributed by atoms with E-state index < -0.39 is 17.7 Å². The molecule has 0 aliphatic rings. The minimum Gasteiger partial charge on any atom is -0.479 e. The Balaban J connectivity index is 1.69. The molecule has 224 valence electrons. The van der Waals surface area contributed by atoms with Crippen LogP contribution in [0, 0.1) is 0 Å². The molecule has 44 heavy (non-hydrogen) atoms. The van der Waals surface area contributed by atoms with Gasteiger partial charge in [-0.05, 0) is 93.4 Å². The van der Waals surface area contributed by atoms with E-state index in [2.05, 4.69) is 16.5 Å². The van der Waals surface area contributed by atoms with Gasteiger partial charge >= 0.3 is 5.97 Å². The van der Waals surface area contributed by atoms with Crippen molar-refractivity contribution in [2.45, 2.75) is 45.8 Å². The fourth-order valence-electron chi connectivity index (χ4n) is 4.67. The number of hydrogen-bond acceptors (Lipinski definition) is 8. The Kier molecular flexibility index (Phi) is 8.92. The third-order valence-corrected chi connectivity index (χ3v) is 7.91. The number of benzene rings is 2. The molecule has 0 saturated heterocycles. The zero-order valence-corrected chi connectivity index (χ0v) is 26.4. The number of anilines is 1. The lowest BCUT2D eigenvalue weighted by molar-refractivity contribution is -0.159. The first kappa shape index (κ1) is 31.0. The van der Waals surface area contributed by atoms with Crippen LogP contribution in [0.2, 0.25) is 5.02 Å². The van der Waals surface area contributed by atoms with E-state index in [1.54, 1.807) is 24.4 Å². The van der Waals surface area contributed by atoms with Gasteiger partial charge < -0.3 is 15.6 Å². The third-order valence-electron chi connectivity index (χ3n) is 6.51. The summed E-state index contributed by atoms with van der Waals surface area (Å²) < 4.78 is 6.78. The molecule has 0 fully saturated rings.